The summed E-state index contributed by atoms with van der Waals surface area (Å²) >= 11 is 1.60. The third-order valence-corrected chi connectivity index (χ3v) is 8.46. The topological polar surface area (TPSA) is 73.1 Å². The van der Waals surface area contributed by atoms with Gasteiger partial charge in [-0.3, -0.25) is 0 Å². The van der Waals surface area contributed by atoms with Gasteiger partial charge in [-0.05, 0) is 66.9 Å². The van der Waals surface area contributed by atoms with E-state index in [1.807, 2.05) is 12.1 Å². The molecule has 1 saturated carbocycles. The van der Waals surface area contributed by atoms with Crippen molar-refractivity contribution in [3.8, 4) is 17.0 Å². The molecular weight excluding hydrogens is 446 g/mol. The minimum Gasteiger partial charge on any atom is -0.497 e. The molecule has 2 aromatic carbocycles. The zero-order valence-corrected chi connectivity index (χ0v) is 19.4. The summed E-state index contributed by atoms with van der Waals surface area (Å²) in [6, 6.07) is 15.4. The lowest BCUT2D eigenvalue weighted by atomic mass is 10.1. The maximum atomic E-state index is 12.8. The van der Waals surface area contributed by atoms with Crippen LogP contribution in [0.3, 0.4) is 0 Å². The number of nitrogens with zero attached hydrogens (tertiary/aromatic N) is 3. The molecule has 0 radical (unpaired) electrons. The Kier molecular flexibility index (Phi) is 5.90. The van der Waals surface area contributed by atoms with Gasteiger partial charge in [-0.2, -0.15) is 4.31 Å². The Labute approximate surface area is 191 Å². The molecule has 2 heterocycles. The van der Waals surface area contributed by atoms with Crippen LogP contribution in [0, 0.1) is 0 Å². The van der Waals surface area contributed by atoms with E-state index in [1.54, 1.807) is 42.7 Å². The van der Waals surface area contributed by atoms with Crippen LogP contribution in [0.2, 0.25) is 0 Å². The molecule has 0 unspecified atom stereocenters. The van der Waals surface area contributed by atoms with E-state index in [1.165, 1.54) is 4.31 Å². The molecule has 0 spiro atoms. The van der Waals surface area contributed by atoms with Gasteiger partial charge in [-0.1, -0.05) is 0 Å². The van der Waals surface area contributed by atoms with Crippen molar-refractivity contribution in [2.75, 3.05) is 33.4 Å². The van der Waals surface area contributed by atoms with Crippen molar-refractivity contribution in [2.24, 2.45) is 4.99 Å². The van der Waals surface area contributed by atoms with Crippen molar-refractivity contribution in [2.45, 2.75) is 23.8 Å². The predicted molar refractivity (Wildman–Crippen MR) is 124 cm³/mol. The molecule has 1 saturated heterocycles. The Morgan fingerprint density at radius 1 is 1.03 bits per heavy atom. The highest BCUT2D eigenvalue weighted by atomic mass is 32.2. The Bertz CT molecular complexity index is 1250. The normalized spacial score (nSPS) is 18.1. The first-order valence-electron chi connectivity index (χ1n) is 10.6. The van der Waals surface area contributed by atoms with E-state index in [9.17, 15) is 8.42 Å². The van der Waals surface area contributed by atoms with Crippen LogP contribution in [0.4, 0.5) is 5.69 Å². The van der Waals surface area contributed by atoms with Gasteiger partial charge in [0.2, 0.25) is 10.0 Å². The summed E-state index contributed by atoms with van der Waals surface area (Å²) in [6.07, 6.45) is 2.29. The van der Waals surface area contributed by atoms with E-state index in [2.05, 4.69) is 22.1 Å². The number of sulfonamides is 1. The average Bonchev–Trinajstić information content (AvgIpc) is 3.60. The quantitative estimate of drug-likeness (QED) is 0.548. The molecule has 1 aromatic heterocycles. The fourth-order valence-electron chi connectivity index (χ4n) is 3.80. The van der Waals surface area contributed by atoms with Gasteiger partial charge in [0.15, 0.2) is 4.80 Å². The third kappa shape index (κ3) is 4.25. The standard InChI is InChI=1S/C23H25N3O4S2/c1-29-20-8-2-17(3-9-20)22-16-31-23(26(22)19-6-7-19)24-18-4-10-21(11-5-18)32(27,28)25-12-14-30-15-13-25/h2-5,8-11,16,19H,6-7,12-15H2,1H3. The number of hydrogen-bond donors (Lipinski definition) is 0. The van der Waals surface area contributed by atoms with Crippen LogP contribution in [0.1, 0.15) is 18.9 Å². The first-order valence-corrected chi connectivity index (χ1v) is 13.0. The molecule has 0 bridgehead atoms. The van der Waals surface area contributed by atoms with E-state index in [0.717, 1.165) is 40.3 Å². The number of thiazole rings is 1. The number of ether oxygens (including phenoxy) is 2. The number of aromatic nitrogens is 1. The zero-order valence-electron chi connectivity index (χ0n) is 17.8. The highest BCUT2D eigenvalue weighted by Crippen LogP contribution is 2.38. The van der Waals surface area contributed by atoms with Crippen molar-refractivity contribution in [1.29, 1.82) is 0 Å². The van der Waals surface area contributed by atoms with Crippen molar-refractivity contribution in [3.05, 3.63) is 58.7 Å². The first-order chi connectivity index (χ1) is 15.6. The fraction of sp³-hybridized carbons (Fsp3) is 0.348. The summed E-state index contributed by atoms with van der Waals surface area (Å²) in [6.45, 7) is 1.64. The lowest BCUT2D eigenvalue weighted by Gasteiger charge is -2.26. The Morgan fingerprint density at radius 2 is 1.72 bits per heavy atom. The summed E-state index contributed by atoms with van der Waals surface area (Å²) in [7, 11) is -1.84. The van der Waals surface area contributed by atoms with E-state index < -0.39 is 10.0 Å². The van der Waals surface area contributed by atoms with Gasteiger partial charge in [-0.25, -0.2) is 13.4 Å². The maximum Gasteiger partial charge on any atom is 0.243 e. The van der Waals surface area contributed by atoms with Crippen LogP contribution in [-0.4, -0.2) is 50.7 Å². The van der Waals surface area contributed by atoms with E-state index >= 15 is 0 Å². The number of morpholine rings is 1. The predicted octanol–water partition coefficient (Wildman–Crippen LogP) is 3.81. The maximum absolute atomic E-state index is 12.8. The molecule has 168 valence electrons. The second-order valence-corrected chi connectivity index (χ2v) is 10.6. The highest BCUT2D eigenvalue weighted by Gasteiger charge is 2.28. The molecule has 1 aliphatic heterocycles. The molecule has 3 aromatic rings. The van der Waals surface area contributed by atoms with Crippen molar-refractivity contribution in [1.82, 2.24) is 8.87 Å². The number of benzene rings is 2. The summed E-state index contributed by atoms with van der Waals surface area (Å²) in [5.74, 6) is 0.832. The average molecular weight is 472 g/mol. The van der Waals surface area contributed by atoms with Gasteiger partial charge in [0.1, 0.15) is 5.75 Å². The molecule has 2 fully saturated rings. The molecular formula is C23H25N3O4S2. The molecule has 0 N–H and O–H groups in total. The minimum atomic E-state index is -3.50. The van der Waals surface area contributed by atoms with E-state index in [-0.39, 0.29) is 0 Å². The molecule has 9 heteroatoms. The number of hydrogen-bond acceptors (Lipinski definition) is 6. The monoisotopic (exact) mass is 471 g/mol. The van der Waals surface area contributed by atoms with Crippen LogP contribution in [0.15, 0.2) is 63.8 Å². The second-order valence-electron chi connectivity index (χ2n) is 7.86. The van der Waals surface area contributed by atoms with Crippen LogP contribution < -0.4 is 9.54 Å². The first kappa shape index (κ1) is 21.4. The van der Waals surface area contributed by atoms with Gasteiger partial charge in [0.25, 0.3) is 0 Å². The van der Waals surface area contributed by atoms with Crippen molar-refractivity contribution in [3.63, 3.8) is 0 Å². The molecule has 32 heavy (non-hydrogen) atoms. The summed E-state index contributed by atoms with van der Waals surface area (Å²) < 4.78 is 40.0. The van der Waals surface area contributed by atoms with Crippen LogP contribution >= 0.6 is 11.3 Å². The number of rotatable bonds is 6. The summed E-state index contributed by atoms with van der Waals surface area (Å²) in [5.41, 5.74) is 3.01. The molecule has 1 aliphatic carbocycles. The van der Waals surface area contributed by atoms with Crippen molar-refractivity contribution >= 4 is 27.0 Å². The summed E-state index contributed by atoms with van der Waals surface area (Å²) in [5, 5.41) is 2.14. The lowest BCUT2D eigenvalue weighted by Crippen LogP contribution is -2.40. The number of methoxy groups -OCH3 is 1. The SMILES string of the molecule is COc1ccc(-c2csc(=Nc3ccc(S(=O)(=O)N4CCOCC4)cc3)n2C2CC2)cc1. The Morgan fingerprint density at radius 3 is 2.34 bits per heavy atom. The molecule has 0 amide bonds. The third-order valence-electron chi connectivity index (χ3n) is 5.71. The highest BCUT2D eigenvalue weighted by molar-refractivity contribution is 7.89. The van der Waals surface area contributed by atoms with Gasteiger partial charge in [-0.15, -0.1) is 11.3 Å². The molecule has 2 aliphatic rings. The van der Waals surface area contributed by atoms with Gasteiger partial charge in [0, 0.05) is 24.5 Å². The fourth-order valence-corrected chi connectivity index (χ4v) is 6.19. The van der Waals surface area contributed by atoms with Crippen LogP contribution in [0.5, 0.6) is 5.75 Å². The Balaban J connectivity index is 1.45. The lowest BCUT2D eigenvalue weighted by molar-refractivity contribution is 0.0730. The zero-order chi connectivity index (χ0) is 22.1. The molecule has 0 atom stereocenters. The van der Waals surface area contributed by atoms with Crippen LogP contribution in [0.25, 0.3) is 11.3 Å². The summed E-state index contributed by atoms with van der Waals surface area (Å²) in [4.78, 5) is 6.06. The van der Waals surface area contributed by atoms with E-state index in [0.29, 0.717) is 37.2 Å². The minimum absolute atomic E-state index is 0.290. The smallest absolute Gasteiger partial charge is 0.243 e. The second kappa shape index (κ2) is 8.82. The Hall–Kier alpha value is -2.46. The largest absolute Gasteiger partial charge is 0.497 e. The van der Waals surface area contributed by atoms with Gasteiger partial charge in [0.05, 0.1) is 36.6 Å². The molecule has 5 rings (SSSR count). The molecule has 7 nitrogen and oxygen atoms in total. The van der Waals surface area contributed by atoms with Gasteiger partial charge >= 0.3 is 0 Å². The van der Waals surface area contributed by atoms with Gasteiger partial charge < -0.3 is 14.0 Å². The van der Waals surface area contributed by atoms with E-state index in [4.69, 9.17) is 14.5 Å². The van der Waals surface area contributed by atoms with Crippen molar-refractivity contribution < 1.29 is 17.9 Å². The van der Waals surface area contributed by atoms with Crippen LogP contribution in [-0.2, 0) is 14.8 Å².